The molecule has 0 aliphatic heterocycles. The van der Waals surface area contributed by atoms with Gasteiger partial charge in [0.15, 0.2) is 11.6 Å². The zero-order chi connectivity index (χ0) is 10.7. The lowest BCUT2D eigenvalue weighted by molar-refractivity contribution is 0.505. The molecule has 0 saturated heterocycles. The maximum atomic E-state index is 12.8. The molecule has 78 valence electrons. The van der Waals surface area contributed by atoms with Crippen LogP contribution in [0.15, 0.2) is 30.9 Å². The number of aromatic nitrogens is 3. The normalized spacial score (nSPS) is 10.5. The van der Waals surface area contributed by atoms with E-state index in [0.29, 0.717) is 13.0 Å². The molecular formula is C10H9F2N3. The molecule has 1 heterocycles. The molecule has 15 heavy (non-hydrogen) atoms. The number of benzene rings is 1. The average Bonchev–Trinajstić information content (AvgIpc) is 2.73. The fourth-order valence-electron chi connectivity index (χ4n) is 1.29. The van der Waals surface area contributed by atoms with Gasteiger partial charge < -0.3 is 0 Å². The molecule has 0 aliphatic carbocycles. The second-order valence-corrected chi connectivity index (χ2v) is 3.16. The molecule has 0 fully saturated rings. The minimum absolute atomic E-state index is 0.598. The van der Waals surface area contributed by atoms with Crippen LogP contribution in [0.2, 0.25) is 0 Å². The summed E-state index contributed by atoms with van der Waals surface area (Å²) in [6.07, 6.45) is 3.62. The molecule has 0 amide bonds. The average molecular weight is 209 g/mol. The summed E-state index contributed by atoms with van der Waals surface area (Å²) in [5.41, 5.74) is 0.740. The predicted octanol–water partition coefficient (Wildman–Crippen LogP) is 1.80. The van der Waals surface area contributed by atoms with Crippen molar-refractivity contribution in [2.24, 2.45) is 0 Å². The van der Waals surface area contributed by atoms with Gasteiger partial charge in [0.25, 0.3) is 0 Å². The van der Waals surface area contributed by atoms with Crippen molar-refractivity contribution in [1.82, 2.24) is 14.8 Å². The van der Waals surface area contributed by atoms with E-state index in [1.807, 2.05) is 0 Å². The minimum Gasteiger partial charge on any atom is -0.253 e. The van der Waals surface area contributed by atoms with Gasteiger partial charge in [0.05, 0.1) is 0 Å². The number of nitrogens with zero attached hydrogens (tertiary/aromatic N) is 3. The van der Waals surface area contributed by atoms with Gasteiger partial charge in [-0.05, 0) is 24.1 Å². The van der Waals surface area contributed by atoms with E-state index in [9.17, 15) is 8.78 Å². The molecule has 5 heteroatoms. The van der Waals surface area contributed by atoms with Crippen molar-refractivity contribution in [2.75, 3.05) is 0 Å². The number of halogens is 2. The van der Waals surface area contributed by atoms with Crippen LogP contribution in [0.1, 0.15) is 5.56 Å². The predicted molar refractivity (Wildman–Crippen MR) is 50.1 cm³/mol. The van der Waals surface area contributed by atoms with E-state index in [1.54, 1.807) is 17.1 Å². The summed E-state index contributed by atoms with van der Waals surface area (Å²) in [6.45, 7) is 0.602. The van der Waals surface area contributed by atoms with Crippen molar-refractivity contribution < 1.29 is 8.78 Å². The Morgan fingerprint density at radius 1 is 1.20 bits per heavy atom. The second-order valence-electron chi connectivity index (χ2n) is 3.16. The van der Waals surface area contributed by atoms with E-state index in [0.717, 1.165) is 11.6 Å². The highest BCUT2D eigenvalue weighted by molar-refractivity contribution is 5.17. The standard InChI is InChI=1S/C10H9F2N3/c11-9-2-1-8(5-10(9)12)3-4-15-7-13-6-14-15/h1-2,5-7H,3-4H2. The summed E-state index contributed by atoms with van der Waals surface area (Å²) in [5.74, 6) is -1.63. The Morgan fingerprint density at radius 2 is 2.07 bits per heavy atom. The summed E-state index contributed by atoms with van der Waals surface area (Å²) in [5, 5.41) is 3.91. The van der Waals surface area contributed by atoms with E-state index in [4.69, 9.17) is 0 Å². The third kappa shape index (κ3) is 2.37. The summed E-state index contributed by atoms with van der Waals surface area (Å²) in [4.78, 5) is 3.78. The third-order valence-electron chi connectivity index (χ3n) is 2.08. The van der Waals surface area contributed by atoms with E-state index in [1.165, 1.54) is 12.4 Å². The highest BCUT2D eigenvalue weighted by Crippen LogP contribution is 2.09. The van der Waals surface area contributed by atoms with Crippen LogP contribution >= 0.6 is 0 Å². The lowest BCUT2D eigenvalue weighted by Crippen LogP contribution is -2.02. The van der Waals surface area contributed by atoms with E-state index in [-0.39, 0.29) is 0 Å². The molecule has 2 aromatic rings. The van der Waals surface area contributed by atoms with Gasteiger partial charge in [-0.25, -0.2) is 13.8 Å². The molecule has 3 nitrogen and oxygen atoms in total. The molecule has 0 atom stereocenters. The van der Waals surface area contributed by atoms with Crippen LogP contribution in [0.4, 0.5) is 8.78 Å². The SMILES string of the molecule is Fc1ccc(CCn2cncn2)cc1F. The topological polar surface area (TPSA) is 30.7 Å². The van der Waals surface area contributed by atoms with Gasteiger partial charge in [-0.3, -0.25) is 4.68 Å². The summed E-state index contributed by atoms with van der Waals surface area (Å²) >= 11 is 0. The van der Waals surface area contributed by atoms with Crippen molar-refractivity contribution in [3.63, 3.8) is 0 Å². The van der Waals surface area contributed by atoms with Crippen LogP contribution in [0.25, 0.3) is 0 Å². The van der Waals surface area contributed by atoms with Crippen LogP contribution in [-0.2, 0) is 13.0 Å². The minimum atomic E-state index is -0.820. The zero-order valence-corrected chi connectivity index (χ0v) is 7.90. The Bertz CT molecular complexity index is 440. The Morgan fingerprint density at radius 3 is 2.73 bits per heavy atom. The first-order valence-corrected chi connectivity index (χ1v) is 4.52. The number of hydrogen-bond acceptors (Lipinski definition) is 2. The number of rotatable bonds is 3. The largest absolute Gasteiger partial charge is 0.253 e. The molecule has 0 bridgehead atoms. The zero-order valence-electron chi connectivity index (χ0n) is 7.90. The highest BCUT2D eigenvalue weighted by Gasteiger charge is 2.02. The molecule has 2 rings (SSSR count). The molecule has 0 unspecified atom stereocenters. The van der Waals surface area contributed by atoms with Crippen molar-refractivity contribution in [2.45, 2.75) is 13.0 Å². The molecule has 0 spiro atoms. The Hall–Kier alpha value is -1.78. The second kappa shape index (κ2) is 4.16. The monoisotopic (exact) mass is 209 g/mol. The van der Waals surface area contributed by atoms with Crippen LogP contribution in [0.5, 0.6) is 0 Å². The number of aryl methyl sites for hydroxylation is 2. The van der Waals surface area contributed by atoms with E-state index in [2.05, 4.69) is 10.1 Å². The maximum Gasteiger partial charge on any atom is 0.159 e. The lowest BCUT2D eigenvalue weighted by atomic mass is 10.1. The summed E-state index contributed by atoms with van der Waals surface area (Å²) in [6, 6.07) is 3.90. The Balaban J connectivity index is 2.02. The number of hydrogen-bond donors (Lipinski definition) is 0. The molecule has 1 aromatic carbocycles. The lowest BCUT2D eigenvalue weighted by Gasteiger charge is -2.01. The Labute approximate surface area is 85.4 Å². The van der Waals surface area contributed by atoms with Crippen LogP contribution in [0.3, 0.4) is 0 Å². The molecule has 1 aromatic heterocycles. The first-order valence-electron chi connectivity index (χ1n) is 4.52. The summed E-state index contributed by atoms with van der Waals surface area (Å²) < 4.78 is 27.1. The van der Waals surface area contributed by atoms with Gasteiger partial charge in [0, 0.05) is 6.54 Å². The maximum absolute atomic E-state index is 12.8. The smallest absolute Gasteiger partial charge is 0.159 e. The van der Waals surface area contributed by atoms with Gasteiger partial charge in [-0.2, -0.15) is 5.10 Å². The van der Waals surface area contributed by atoms with E-state index < -0.39 is 11.6 Å². The first-order chi connectivity index (χ1) is 7.25. The van der Waals surface area contributed by atoms with Crippen molar-refractivity contribution >= 4 is 0 Å². The summed E-state index contributed by atoms with van der Waals surface area (Å²) in [7, 11) is 0. The van der Waals surface area contributed by atoms with Crippen molar-refractivity contribution in [1.29, 1.82) is 0 Å². The quantitative estimate of drug-likeness (QED) is 0.771. The third-order valence-corrected chi connectivity index (χ3v) is 2.08. The van der Waals surface area contributed by atoms with Gasteiger partial charge in [0.2, 0.25) is 0 Å². The Kier molecular flexibility index (Phi) is 2.71. The van der Waals surface area contributed by atoms with Crippen molar-refractivity contribution in [3.05, 3.63) is 48.1 Å². The van der Waals surface area contributed by atoms with Crippen molar-refractivity contribution in [3.8, 4) is 0 Å². The molecule has 0 aliphatic rings. The van der Waals surface area contributed by atoms with E-state index >= 15 is 0 Å². The van der Waals surface area contributed by atoms with Crippen LogP contribution in [0, 0.1) is 11.6 Å². The van der Waals surface area contributed by atoms with Crippen LogP contribution in [-0.4, -0.2) is 14.8 Å². The fraction of sp³-hybridized carbons (Fsp3) is 0.200. The molecule has 0 radical (unpaired) electrons. The molecule has 0 saturated carbocycles. The molecule has 0 N–H and O–H groups in total. The van der Waals surface area contributed by atoms with Gasteiger partial charge in [-0.15, -0.1) is 0 Å². The first kappa shape index (κ1) is 9.76. The highest BCUT2D eigenvalue weighted by atomic mass is 19.2. The van der Waals surface area contributed by atoms with Gasteiger partial charge >= 0.3 is 0 Å². The fourth-order valence-corrected chi connectivity index (χ4v) is 1.29. The van der Waals surface area contributed by atoms with Gasteiger partial charge in [0.1, 0.15) is 12.7 Å². The van der Waals surface area contributed by atoms with Crippen LogP contribution < -0.4 is 0 Å². The molecular weight excluding hydrogens is 200 g/mol. The van der Waals surface area contributed by atoms with Gasteiger partial charge in [-0.1, -0.05) is 6.07 Å².